The van der Waals surface area contributed by atoms with Crippen molar-refractivity contribution in [1.82, 2.24) is 5.43 Å². The fourth-order valence-corrected chi connectivity index (χ4v) is 1.98. The highest BCUT2D eigenvalue weighted by molar-refractivity contribution is 9.10. The first-order valence-electron chi connectivity index (χ1n) is 6.27. The number of hydrazone groups is 1. The van der Waals surface area contributed by atoms with Crippen LogP contribution in [0.3, 0.4) is 0 Å². The molecule has 0 aliphatic carbocycles. The lowest BCUT2D eigenvalue weighted by atomic mass is 10.1. The van der Waals surface area contributed by atoms with E-state index in [0.717, 1.165) is 21.3 Å². The molecule has 0 amide bonds. The lowest BCUT2D eigenvalue weighted by molar-refractivity contribution is 1.03. The molecule has 3 N–H and O–H groups in total. The molecule has 2 aromatic carbocycles. The van der Waals surface area contributed by atoms with E-state index >= 15 is 0 Å². The Morgan fingerprint density at radius 2 is 1.76 bits per heavy atom. The molecule has 0 aliphatic heterocycles. The van der Waals surface area contributed by atoms with Gasteiger partial charge in [-0.05, 0) is 36.0 Å². The van der Waals surface area contributed by atoms with E-state index < -0.39 is 0 Å². The predicted molar refractivity (Wildman–Crippen MR) is 96.1 cm³/mol. The van der Waals surface area contributed by atoms with Crippen molar-refractivity contribution in [3.8, 4) is 0 Å². The van der Waals surface area contributed by atoms with Crippen LogP contribution in [0, 0.1) is 0 Å². The second-order valence-electron chi connectivity index (χ2n) is 4.22. The fourth-order valence-electron chi connectivity index (χ4n) is 1.67. The monoisotopic (exact) mass is 359 g/mol. The predicted octanol–water partition coefficient (Wildman–Crippen LogP) is 3.70. The van der Waals surface area contributed by atoms with Gasteiger partial charge in [-0.3, -0.25) is 5.43 Å². The first kappa shape index (κ1) is 15.4. The van der Waals surface area contributed by atoms with Crippen LogP contribution in [0.15, 0.2) is 70.2 Å². The highest BCUT2D eigenvalue weighted by Gasteiger charge is 2.00. The minimum Gasteiger partial charge on any atom is -0.375 e. The Morgan fingerprint density at radius 3 is 2.38 bits per heavy atom. The van der Waals surface area contributed by atoms with Gasteiger partial charge in [0.1, 0.15) is 0 Å². The Kier molecular flexibility index (Phi) is 5.66. The molecule has 2 rings (SSSR count). The van der Waals surface area contributed by atoms with E-state index in [2.05, 4.69) is 26.5 Å². The van der Waals surface area contributed by atoms with Crippen molar-refractivity contribution < 1.29 is 0 Å². The van der Waals surface area contributed by atoms with Crippen LogP contribution in [0.5, 0.6) is 0 Å². The van der Waals surface area contributed by atoms with E-state index in [1.807, 2.05) is 66.7 Å². The highest BCUT2D eigenvalue weighted by Crippen LogP contribution is 2.12. The van der Waals surface area contributed by atoms with Crippen molar-refractivity contribution in [2.75, 3.05) is 0 Å². The summed E-state index contributed by atoms with van der Waals surface area (Å²) in [5.41, 5.74) is 10.9. The van der Waals surface area contributed by atoms with Crippen LogP contribution < -0.4 is 11.2 Å². The normalized spacial score (nSPS) is 11.6. The zero-order chi connectivity index (χ0) is 15.1. The number of allylic oxidation sites excluding steroid dienone is 1. The van der Waals surface area contributed by atoms with Gasteiger partial charge in [-0.15, -0.1) is 0 Å². The highest BCUT2D eigenvalue weighted by atomic mass is 79.9. The van der Waals surface area contributed by atoms with Gasteiger partial charge in [-0.1, -0.05) is 64.5 Å². The second-order valence-corrected chi connectivity index (χ2v) is 5.58. The van der Waals surface area contributed by atoms with Crippen LogP contribution in [0.4, 0.5) is 0 Å². The van der Waals surface area contributed by atoms with Gasteiger partial charge in [0.2, 0.25) is 0 Å². The minimum atomic E-state index is 0.137. The average Bonchev–Trinajstić information content (AvgIpc) is 2.49. The van der Waals surface area contributed by atoms with Crippen LogP contribution in [0.25, 0.3) is 6.08 Å². The quantitative estimate of drug-likeness (QED) is 0.497. The third-order valence-corrected chi connectivity index (χ3v) is 3.28. The van der Waals surface area contributed by atoms with Crippen LogP contribution in [-0.4, -0.2) is 10.8 Å². The van der Waals surface area contributed by atoms with Crippen molar-refractivity contribution in [2.24, 2.45) is 10.8 Å². The Labute approximate surface area is 137 Å². The molecule has 0 saturated heterocycles. The molecule has 3 nitrogen and oxygen atoms in total. The third-order valence-electron chi connectivity index (χ3n) is 2.66. The van der Waals surface area contributed by atoms with Gasteiger partial charge < -0.3 is 5.73 Å². The van der Waals surface area contributed by atoms with Crippen LogP contribution in [0.2, 0.25) is 0 Å². The maximum Gasteiger partial charge on any atom is 0.184 e. The van der Waals surface area contributed by atoms with Gasteiger partial charge in [0.25, 0.3) is 0 Å². The standard InChI is InChI=1S/C16H14BrN3S/c17-14-9-7-13(8-10-14)15(19-20-16(18)21)11-6-12-4-2-1-3-5-12/h1-11H,(H3,18,20,21)/b11-6+,19-15-. The number of nitrogens with zero attached hydrogens (tertiary/aromatic N) is 1. The van der Waals surface area contributed by atoms with E-state index in [9.17, 15) is 0 Å². The van der Waals surface area contributed by atoms with Crippen molar-refractivity contribution >= 4 is 45.0 Å². The molecule has 0 fully saturated rings. The maximum absolute atomic E-state index is 5.43. The van der Waals surface area contributed by atoms with E-state index in [-0.39, 0.29) is 5.11 Å². The largest absolute Gasteiger partial charge is 0.375 e. The van der Waals surface area contributed by atoms with Gasteiger partial charge in [0, 0.05) is 10.0 Å². The summed E-state index contributed by atoms with van der Waals surface area (Å²) in [5.74, 6) is 0. The summed E-state index contributed by atoms with van der Waals surface area (Å²) in [6.45, 7) is 0. The summed E-state index contributed by atoms with van der Waals surface area (Å²) in [6.07, 6.45) is 3.91. The summed E-state index contributed by atoms with van der Waals surface area (Å²) in [4.78, 5) is 0. The Balaban J connectivity index is 2.28. The summed E-state index contributed by atoms with van der Waals surface area (Å²) in [7, 11) is 0. The molecule has 0 saturated carbocycles. The number of hydrogen-bond donors (Lipinski definition) is 2. The molecular weight excluding hydrogens is 346 g/mol. The van der Waals surface area contributed by atoms with Gasteiger partial charge >= 0.3 is 0 Å². The van der Waals surface area contributed by atoms with Crippen LogP contribution in [0.1, 0.15) is 11.1 Å². The Bertz CT molecular complexity index is 664. The first-order valence-corrected chi connectivity index (χ1v) is 7.47. The van der Waals surface area contributed by atoms with Gasteiger partial charge in [0.05, 0.1) is 5.71 Å². The molecule has 0 aromatic heterocycles. The topological polar surface area (TPSA) is 50.4 Å². The first-order chi connectivity index (χ1) is 10.1. The number of halogens is 1. The molecule has 5 heteroatoms. The summed E-state index contributed by atoms with van der Waals surface area (Å²) >= 11 is 8.21. The Morgan fingerprint density at radius 1 is 1.10 bits per heavy atom. The third kappa shape index (κ3) is 5.13. The number of thiocarbonyl (C=S) groups is 1. The maximum atomic E-state index is 5.43. The Hall–Kier alpha value is -1.98. The molecule has 0 atom stereocenters. The zero-order valence-electron chi connectivity index (χ0n) is 11.2. The smallest absolute Gasteiger partial charge is 0.184 e. The van der Waals surface area contributed by atoms with Crippen LogP contribution >= 0.6 is 28.1 Å². The lowest BCUT2D eigenvalue weighted by Crippen LogP contribution is -2.25. The average molecular weight is 360 g/mol. The van der Waals surface area contributed by atoms with Gasteiger partial charge in [-0.25, -0.2) is 0 Å². The second kappa shape index (κ2) is 7.71. The number of rotatable bonds is 4. The van der Waals surface area contributed by atoms with E-state index in [0.29, 0.717) is 0 Å². The molecule has 21 heavy (non-hydrogen) atoms. The molecule has 0 spiro atoms. The van der Waals surface area contributed by atoms with Crippen molar-refractivity contribution in [3.63, 3.8) is 0 Å². The van der Waals surface area contributed by atoms with Gasteiger partial charge in [0.15, 0.2) is 5.11 Å². The minimum absolute atomic E-state index is 0.137. The van der Waals surface area contributed by atoms with Gasteiger partial charge in [-0.2, -0.15) is 5.10 Å². The molecule has 0 unspecified atom stereocenters. The van der Waals surface area contributed by atoms with E-state index in [1.54, 1.807) is 0 Å². The van der Waals surface area contributed by atoms with E-state index in [4.69, 9.17) is 18.0 Å². The molecule has 0 aliphatic rings. The summed E-state index contributed by atoms with van der Waals surface area (Å²) in [6, 6.07) is 17.9. The zero-order valence-corrected chi connectivity index (χ0v) is 13.6. The number of nitrogens with two attached hydrogens (primary N) is 1. The summed E-state index contributed by atoms with van der Waals surface area (Å²) < 4.78 is 1.01. The van der Waals surface area contributed by atoms with Crippen molar-refractivity contribution in [3.05, 3.63) is 76.3 Å². The number of hydrogen-bond acceptors (Lipinski definition) is 2. The molecule has 0 heterocycles. The van der Waals surface area contributed by atoms with Crippen molar-refractivity contribution in [1.29, 1.82) is 0 Å². The molecule has 2 aromatic rings. The number of benzene rings is 2. The lowest BCUT2D eigenvalue weighted by Gasteiger charge is -2.03. The SMILES string of the molecule is NC(=S)N/N=C(/C=C/c1ccccc1)c1ccc(Br)cc1. The molecule has 106 valence electrons. The van der Waals surface area contributed by atoms with E-state index in [1.165, 1.54) is 0 Å². The fraction of sp³-hybridized carbons (Fsp3) is 0. The molecular formula is C16H14BrN3S. The molecule has 0 bridgehead atoms. The van der Waals surface area contributed by atoms with Crippen molar-refractivity contribution in [2.45, 2.75) is 0 Å². The number of nitrogens with one attached hydrogen (secondary N) is 1. The van der Waals surface area contributed by atoms with Crippen LogP contribution in [-0.2, 0) is 0 Å². The molecule has 0 radical (unpaired) electrons. The summed E-state index contributed by atoms with van der Waals surface area (Å²) in [5, 5.41) is 4.37.